The highest BCUT2D eigenvalue weighted by atomic mass is 32.2. The molecule has 1 aliphatic rings. The van der Waals surface area contributed by atoms with Gasteiger partial charge in [-0.05, 0) is 17.7 Å². The Morgan fingerprint density at radius 1 is 1.15 bits per heavy atom. The van der Waals surface area contributed by atoms with Crippen LogP contribution in [-0.4, -0.2) is 36.0 Å². The van der Waals surface area contributed by atoms with Gasteiger partial charge in [-0.3, -0.25) is 14.4 Å². The molecule has 0 fully saturated rings. The van der Waals surface area contributed by atoms with E-state index in [0.29, 0.717) is 28.1 Å². The number of thioether (sulfide) groups is 1. The Labute approximate surface area is 193 Å². The normalized spacial score (nSPS) is 14.7. The molecule has 1 aliphatic heterocycles. The lowest BCUT2D eigenvalue weighted by Gasteiger charge is -2.24. The maximum atomic E-state index is 13.1. The van der Waals surface area contributed by atoms with E-state index in [-0.39, 0.29) is 23.7 Å². The lowest BCUT2D eigenvalue weighted by Crippen LogP contribution is -2.36. The molecule has 0 saturated heterocycles. The number of ether oxygens (including phenoxy) is 2. The zero-order chi connectivity index (χ0) is 23.4. The van der Waals surface area contributed by atoms with Gasteiger partial charge in [0.05, 0.1) is 31.4 Å². The highest BCUT2D eigenvalue weighted by Crippen LogP contribution is 2.33. The van der Waals surface area contributed by atoms with E-state index in [2.05, 4.69) is 20.6 Å². The minimum absolute atomic E-state index is 0.104. The van der Waals surface area contributed by atoms with Crippen molar-refractivity contribution in [1.29, 1.82) is 0 Å². The number of fused-ring (bicyclic) bond motifs is 1. The molecular formula is C23H22N4O5S. The van der Waals surface area contributed by atoms with Crippen molar-refractivity contribution in [3.63, 3.8) is 0 Å². The minimum atomic E-state index is -0.995. The molecule has 170 valence electrons. The summed E-state index contributed by atoms with van der Waals surface area (Å²) in [6, 6.07) is 14.7. The molecule has 2 aromatic carbocycles. The van der Waals surface area contributed by atoms with Crippen molar-refractivity contribution >= 4 is 35.1 Å². The van der Waals surface area contributed by atoms with Crippen molar-refractivity contribution in [3.05, 3.63) is 70.0 Å². The number of nitrogens with one attached hydrogen (secondary N) is 3. The molecule has 3 N–H and O–H groups in total. The number of nitrogens with zero attached hydrogens (tertiary/aromatic N) is 1. The van der Waals surface area contributed by atoms with E-state index in [1.165, 1.54) is 26.0 Å². The Kier molecular flexibility index (Phi) is 6.64. The predicted octanol–water partition coefficient (Wildman–Crippen LogP) is 3.14. The lowest BCUT2D eigenvalue weighted by molar-refractivity contribution is -0.123. The molecule has 0 unspecified atom stereocenters. The molecule has 9 nitrogen and oxygen atoms in total. The van der Waals surface area contributed by atoms with Gasteiger partial charge >= 0.3 is 0 Å². The summed E-state index contributed by atoms with van der Waals surface area (Å²) in [4.78, 5) is 45.4. The van der Waals surface area contributed by atoms with Crippen molar-refractivity contribution in [2.45, 2.75) is 23.2 Å². The standard InChI is InChI=1S/C23H22N4O5S/c1-31-14-8-9-16(17(10-14)32-2)24-21(29)15-11-18(28)25-20-19(15)22(30)27-23(26-20)33-12-13-6-4-3-5-7-13/h3-10,15H,11-12H2,1-2H3,(H,24,29)(H2,25,26,27,28,30)/t15-/m1/s1. The molecule has 2 amide bonds. The van der Waals surface area contributed by atoms with Gasteiger partial charge in [-0.2, -0.15) is 0 Å². The molecule has 0 spiro atoms. The van der Waals surface area contributed by atoms with Gasteiger partial charge in [0, 0.05) is 18.2 Å². The summed E-state index contributed by atoms with van der Waals surface area (Å²) < 4.78 is 10.5. The minimum Gasteiger partial charge on any atom is -0.497 e. The van der Waals surface area contributed by atoms with E-state index < -0.39 is 17.4 Å². The zero-order valence-electron chi connectivity index (χ0n) is 18.0. The molecule has 33 heavy (non-hydrogen) atoms. The van der Waals surface area contributed by atoms with Gasteiger partial charge in [-0.25, -0.2) is 4.98 Å². The molecule has 4 rings (SSSR count). The van der Waals surface area contributed by atoms with Crippen LogP contribution in [0.5, 0.6) is 11.5 Å². The topological polar surface area (TPSA) is 122 Å². The van der Waals surface area contributed by atoms with Gasteiger partial charge in [0.15, 0.2) is 5.16 Å². The highest BCUT2D eigenvalue weighted by Gasteiger charge is 2.35. The number of methoxy groups -OCH3 is 2. The average Bonchev–Trinajstić information content (AvgIpc) is 2.82. The molecule has 1 atom stereocenters. The van der Waals surface area contributed by atoms with Crippen molar-refractivity contribution in [2.24, 2.45) is 0 Å². The Balaban J connectivity index is 1.58. The van der Waals surface area contributed by atoms with E-state index in [9.17, 15) is 14.4 Å². The molecule has 0 aliphatic carbocycles. The number of hydrogen-bond donors (Lipinski definition) is 3. The third-order valence-electron chi connectivity index (χ3n) is 5.13. The van der Waals surface area contributed by atoms with Crippen LogP contribution >= 0.6 is 11.8 Å². The van der Waals surface area contributed by atoms with E-state index in [1.54, 1.807) is 18.2 Å². The Bertz CT molecular complexity index is 1250. The lowest BCUT2D eigenvalue weighted by atomic mass is 9.92. The first-order valence-electron chi connectivity index (χ1n) is 10.1. The number of aromatic nitrogens is 2. The van der Waals surface area contributed by atoms with Crippen LogP contribution in [0.15, 0.2) is 58.5 Å². The maximum absolute atomic E-state index is 13.1. The molecule has 0 bridgehead atoms. The molecular weight excluding hydrogens is 444 g/mol. The van der Waals surface area contributed by atoms with Gasteiger partial charge in [-0.15, -0.1) is 0 Å². The highest BCUT2D eigenvalue weighted by molar-refractivity contribution is 7.98. The second kappa shape index (κ2) is 9.78. The number of benzene rings is 2. The van der Waals surface area contributed by atoms with Crippen molar-refractivity contribution in [2.75, 3.05) is 24.9 Å². The van der Waals surface area contributed by atoms with E-state index >= 15 is 0 Å². The smallest absolute Gasteiger partial charge is 0.257 e. The van der Waals surface area contributed by atoms with Gasteiger partial charge in [0.2, 0.25) is 11.8 Å². The summed E-state index contributed by atoms with van der Waals surface area (Å²) in [6.07, 6.45) is -0.168. The fourth-order valence-electron chi connectivity index (χ4n) is 3.49. The van der Waals surface area contributed by atoms with Crippen LogP contribution in [-0.2, 0) is 15.3 Å². The van der Waals surface area contributed by atoms with Crippen LogP contribution in [0.4, 0.5) is 11.5 Å². The summed E-state index contributed by atoms with van der Waals surface area (Å²) in [5.41, 5.74) is 1.13. The Hall–Kier alpha value is -3.79. The fraction of sp³-hybridized carbons (Fsp3) is 0.217. The van der Waals surface area contributed by atoms with Crippen molar-refractivity contribution in [3.8, 4) is 11.5 Å². The first kappa shape index (κ1) is 22.4. The first-order chi connectivity index (χ1) is 16.0. The Morgan fingerprint density at radius 2 is 1.94 bits per heavy atom. The number of anilines is 2. The summed E-state index contributed by atoms with van der Waals surface area (Å²) in [7, 11) is 2.99. The number of amides is 2. The third-order valence-corrected chi connectivity index (χ3v) is 6.08. The quantitative estimate of drug-likeness (QED) is 0.361. The summed E-state index contributed by atoms with van der Waals surface area (Å²) in [5.74, 6) is -0.237. The fourth-order valence-corrected chi connectivity index (χ4v) is 4.31. The first-order valence-corrected chi connectivity index (χ1v) is 11.1. The zero-order valence-corrected chi connectivity index (χ0v) is 18.8. The number of carbonyl (C=O) groups is 2. The average molecular weight is 467 g/mol. The monoisotopic (exact) mass is 466 g/mol. The van der Waals surface area contributed by atoms with Crippen LogP contribution < -0.4 is 25.7 Å². The van der Waals surface area contributed by atoms with Crippen LogP contribution in [0.3, 0.4) is 0 Å². The predicted molar refractivity (Wildman–Crippen MR) is 125 cm³/mol. The van der Waals surface area contributed by atoms with Crippen LogP contribution in [0, 0.1) is 0 Å². The second-order valence-corrected chi connectivity index (χ2v) is 8.23. The SMILES string of the molecule is COc1ccc(NC(=O)[C@@H]2CC(=O)Nc3nc(SCc4ccccc4)[nH]c(=O)c32)c(OC)c1. The van der Waals surface area contributed by atoms with Gasteiger partial charge < -0.3 is 25.1 Å². The maximum Gasteiger partial charge on any atom is 0.257 e. The number of hydrogen-bond acceptors (Lipinski definition) is 7. The van der Waals surface area contributed by atoms with E-state index in [1.807, 2.05) is 30.3 Å². The number of aromatic amines is 1. The number of rotatable bonds is 7. The summed E-state index contributed by atoms with van der Waals surface area (Å²) in [6.45, 7) is 0. The van der Waals surface area contributed by atoms with Crippen LogP contribution in [0.1, 0.15) is 23.5 Å². The molecule has 3 aromatic rings. The number of H-pyrrole nitrogens is 1. The van der Waals surface area contributed by atoms with Gasteiger partial charge in [0.1, 0.15) is 17.3 Å². The van der Waals surface area contributed by atoms with Crippen molar-refractivity contribution < 1.29 is 19.1 Å². The largest absolute Gasteiger partial charge is 0.497 e. The van der Waals surface area contributed by atoms with Gasteiger partial charge in [-0.1, -0.05) is 42.1 Å². The third kappa shape index (κ3) is 5.01. The molecule has 1 aromatic heterocycles. The second-order valence-electron chi connectivity index (χ2n) is 7.27. The molecule has 0 saturated carbocycles. The molecule has 10 heteroatoms. The van der Waals surface area contributed by atoms with E-state index in [0.717, 1.165) is 5.56 Å². The summed E-state index contributed by atoms with van der Waals surface area (Å²) >= 11 is 1.34. The van der Waals surface area contributed by atoms with Crippen molar-refractivity contribution in [1.82, 2.24) is 9.97 Å². The van der Waals surface area contributed by atoms with E-state index in [4.69, 9.17) is 9.47 Å². The molecule has 2 heterocycles. The molecule has 0 radical (unpaired) electrons. The number of carbonyl (C=O) groups excluding carboxylic acids is 2. The summed E-state index contributed by atoms with van der Waals surface area (Å²) in [5, 5.41) is 5.73. The Morgan fingerprint density at radius 3 is 2.67 bits per heavy atom. The van der Waals surface area contributed by atoms with Crippen LogP contribution in [0.25, 0.3) is 0 Å². The van der Waals surface area contributed by atoms with Crippen LogP contribution in [0.2, 0.25) is 0 Å². The van der Waals surface area contributed by atoms with Gasteiger partial charge in [0.25, 0.3) is 5.56 Å².